The quantitative estimate of drug-likeness (QED) is 0.400. The van der Waals surface area contributed by atoms with Gasteiger partial charge >= 0.3 is 0 Å². The lowest BCUT2D eigenvalue weighted by molar-refractivity contribution is -0.116. The summed E-state index contributed by atoms with van der Waals surface area (Å²) in [6, 6.07) is 0. The van der Waals surface area contributed by atoms with Crippen LogP contribution in [0, 0.1) is 0 Å². The molecule has 1 N–H and O–H groups in total. The molecule has 0 bridgehead atoms. The Morgan fingerprint density at radius 3 is 1.50 bits per heavy atom. The second kappa shape index (κ2) is 11.4. The molecule has 0 unspecified atom stereocenters. The van der Waals surface area contributed by atoms with Crippen molar-refractivity contribution in [3.05, 3.63) is 22.3 Å². The van der Waals surface area contributed by atoms with Crippen LogP contribution < -0.4 is 0 Å². The van der Waals surface area contributed by atoms with Crippen molar-refractivity contribution < 1.29 is 14.7 Å². The van der Waals surface area contributed by atoms with Gasteiger partial charge in [0.2, 0.25) is 0 Å². The molecule has 0 atom stereocenters. The summed E-state index contributed by atoms with van der Waals surface area (Å²) in [6.07, 6.45) is 12.5. The predicted octanol–water partition coefficient (Wildman–Crippen LogP) is 5.07. The molecule has 0 aromatic heterocycles. The minimum Gasteiger partial charge on any atom is -0.396 e. The molecule has 24 heavy (non-hydrogen) atoms. The minimum absolute atomic E-state index is 0.0447. The average molecular weight is 334 g/mol. The van der Waals surface area contributed by atoms with E-state index in [-0.39, 0.29) is 11.6 Å². The molecule has 0 fully saturated rings. The van der Waals surface area contributed by atoms with Gasteiger partial charge in [-0.2, -0.15) is 0 Å². The van der Waals surface area contributed by atoms with Crippen molar-refractivity contribution in [1.29, 1.82) is 0 Å². The fraction of sp³-hybridized carbons (Fsp3) is 0.714. The Bertz CT molecular complexity index is 497. The van der Waals surface area contributed by atoms with Crippen LogP contribution in [0.3, 0.4) is 0 Å². The zero-order valence-electron chi connectivity index (χ0n) is 15.7. The minimum atomic E-state index is 0.0447. The number of ketones is 2. The van der Waals surface area contributed by atoms with Gasteiger partial charge in [0.15, 0.2) is 11.6 Å². The van der Waals surface area contributed by atoms with E-state index in [0.717, 1.165) is 37.7 Å². The third kappa shape index (κ3) is 6.35. The van der Waals surface area contributed by atoms with E-state index in [1.165, 1.54) is 38.5 Å². The molecule has 1 aliphatic rings. The Kier molecular flexibility index (Phi) is 9.85. The fourth-order valence-corrected chi connectivity index (χ4v) is 3.28. The van der Waals surface area contributed by atoms with Crippen LogP contribution >= 0.6 is 0 Å². The van der Waals surface area contributed by atoms with Crippen LogP contribution in [0.25, 0.3) is 0 Å². The molecule has 0 radical (unpaired) electrons. The summed E-state index contributed by atoms with van der Waals surface area (Å²) in [7, 11) is 0. The second-order valence-corrected chi connectivity index (χ2v) is 7.02. The Labute approximate surface area is 147 Å². The van der Waals surface area contributed by atoms with E-state index >= 15 is 0 Å². The molecule has 0 saturated heterocycles. The summed E-state index contributed by atoms with van der Waals surface area (Å²) >= 11 is 0. The van der Waals surface area contributed by atoms with Crippen molar-refractivity contribution in [2.45, 2.75) is 91.4 Å². The second-order valence-electron chi connectivity index (χ2n) is 7.02. The Morgan fingerprint density at radius 2 is 1.00 bits per heavy atom. The number of unbranched alkanes of at least 4 members (excludes halogenated alkanes) is 9. The molecule has 136 valence electrons. The molecule has 0 amide bonds. The zero-order valence-corrected chi connectivity index (χ0v) is 15.7. The van der Waals surface area contributed by atoms with Crippen LogP contribution in [0.5, 0.6) is 0 Å². The predicted molar refractivity (Wildman–Crippen MR) is 99.0 cm³/mol. The van der Waals surface area contributed by atoms with Crippen LogP contribution in [0.4, 0.5) is 0 Å². The first kappa shape index (κ1) is 20.8. The van der Waals surface area contributed by atoms with Gasteiger partial charge in [0, 0.05) is 28.9 Å². The maximum atomic E-state index is 12.3. The van der Waals surface area contributed by atoms with Crippen LogP contribution in [0.2, 0.25) is 0 Å². The van der Waals surface area contributed by atoms with Crippen molar-refractivity contribution in [2.75, 3.05) is 6.61 Å². The number of allylic oxidation sites excluding steroid dienone is 4. The highest BCUT2D eigenvalue weighted by Gasteiger charge is 2.26. The summed E-state index contributed by atoms with van der Waals surface area (Å²) < 4.78 is 0. The van der Waals surface area contributed by atoms with Crippen molar-refractivity contribution in [1.82, 2.24) is 0 Å². The number of hydrogen-bond acceptors (Lipinski definition) is 3. The lowest BCUT2D eigenvalue weighted by Gasteiger charge is -2.18. The first-order valence-corrected chi connectivity index (χ1v) is 9.58. The summed E-state index contributed by atoms with van der Waals surface area (Å²) in [4.78, 5) is 24.4. The number of aliphatic hydroxyl groups excluding tert-OH is 1. The van der Waals surface area contributed by atoms with Gasteiger partial charge in [-0.1, -0.05) is 51.4 Å². The molecule has 3 nitrogen and oxygen atoms in total. The molecular formula is C21H34O3. The number of Topliss-reactive ketones (excluding diaryl/α,β-unsaturated/α-hetero) is 2. The lowest BCUT2D eigenvalue weighted by atomic mass is 9.84. The van der Waals surface area contributed by atoms with Crippen molar-refractivity contribution in [3.63, 3.8) is 0 Å². The summed E-state index contributed by atoms with van der Waals surface area (Å²) in [5.41, 5.74) is 2.64. The molecule has 1 aliphatic carbocycles. The number of rotatable bonds is 12. The van der Waals surface area contributed by atoms with E-state index in [0.29, 0.717) is 23.3 Å². The molecular weight excluding hydrogens is 300 g/mol. The first-order chi connectivity index (χ1) is 11.5. The maximum absolute atomic E-state index is 12.3. The monoisotopic (exact) mass is 334 g/mol. The third-order valence-electron chi connectivity index (χ3n) is 5.15. The largest absolute Gasteiger partial charge is 0.396 e. The van der Waals surface area contributed by atoms with Gasteiger partial charge in [-0.05, 0) is 40.0 Å². The summed E-state index contributed by atoms with van der Waals surface area (Å²) in [6.45, 7) is 5.63. The molecule has 0 aromatic rings. The molecule has 0 aromatic carbocycles. The van der Waals surface area contributed by atoms with Gasteiger partial charge in [-0.15, -0.1) is 0 Å². The Hall–Kier alpha value is -1.22. The van der Waals surface area contributed by atoms with Crippen LogP contribution in [0.1, 0.15) is 91.4 Å². The normalized spacial score (nSPS) is 15.7. The molecule has 3 heteroatoms. The topological polar surface area (TPSA) is 54.4 Å². The molecule has 0 aliphatic heterocycles. The fourth-order valence-electron chi connectivity index (χ4n) is 3.28. The van der Waals surface area contributed by atoms with E-state index in [1.807, 2.05) is 0 Å². The van der Waals surface area contributed by atoms with E-state index in [9.17, 15) is 9.59 Å². The van der Waals surface area contributed by atoms with E-state index in [1.54, 1.807) is 20.8 Å². The summed E-state index contributed by atoms with van der Waals surface area (Å²) in [5, 5.41) is 8.71. The van der Waals surface area contributed by atoms with Crippen molar-refractivity contribution >= 4 is 11.6 Å². The average Bonchev–Trinajstić information content (AvgIpc) is 2.58. The zero-order chi connectivity index (χ0) is 17.9. The van der Waals surface area contributed by atoms with Gasteiger partial charge in [0.25, 0.3) is 0 Å². The van der Waals surface area contributed by atoms with E-state index < -0.39 is 0 Å². The van der Waals surface area contributed by atoms with Crippen LogP contribution in [-0.4, -0.2) is 23.3 Å². The Morgan fingerprint density at radius 1 is 0.583 bits per heavy atom. The standard InChI is InChI=1S/C21H34O3/c1-16-17(2)21(24)19(18(3)20(16)23)14-12-10-8-6-4-5-7-9-11-13-15-22/h22H,4-15H2,1-3H3. The molecule has 1 rings (SSSR count). The number of aliphatic hydroxyl groups is 1. The van der Waals surface area contributed by atoms with Gasteiger partial charge in [0.1, 0.15) is 0 Å². The third-order valence-corrected chi connectivity index (χ3v) is 5.15. The van der Waals surface area contributed by atoms with Gasteiger partial charge in [-0.3, -0.25) is 9.59 Å². The SMILES string of the molecule is CC1=C(C)C(=O)C(CCCCCCCCCCCCO)=C(C)C1=O. The van der Waals surface area contributed by atoms with Crippen LogP contribution in [-0.2, 0) is 9.59 Å². The van der Waals surface area contributed by atoms with Gasteiger partial charge < -0.3 is 5.11 Å². The molecule has 0 heterocycles. The van der Waals surface area contributed by atoms with Gasteiger partial charge in [-0.25, -0.2) is 0 Å². The smallest absolute Gasteiger partial charge is 0.185 e. The van der Waals surface area contributed by atoms with E-state index in [4.69, 9.17) is 5.11 Å². The molecule has 0 saturated carbocycles. The highest BCUT2D eigenvalue weighted by atomic mass is 16.2. The molecule has 0 spiro atoms. The summed E-state index contributed by atoms with van der Waals surface area (Å²) in [5.74, 6) is 0.121. The van der Waals surface area contributed by atoms with Crippen LogP contribution in [0.15, 0.2) is 22.3 Å². The Balaban J connectivity index is 2.15. The number of carbonyl (C=O) groups is 2. The van der Waals surface area contributed by atoms with E-state index in [2.05, 4.69) is 0 Å². The van der Waals surface area contributed by atoms with Crippen molar-refractivity contribution in [3.8, 4) is 0 Å². The highest BCUT2D eigenvalue weighted by Crippen LogP contribution is 2.27. The highest BCUT2D eigenvalue weighted by molar-refractivity contribution is 6.24. The number of hydrogen-bond donors (Lipinski definition) is 1. The maximum Gasteiger partial charge on any atom is 0.185 e. The first-order valence-electron chi connectivity index (χ1n) is 9.58. The van der Waals surface area contributed by atoms with Crippen molar-refractivity contribution in [2.24, 2.45) is 0 Å². The number of carbonyl (C=O) groups excluding carboxylic acids is 2. The van der Waals surface area contributed by atoms with Gasteiger partial charge in [0.05, 0.1) is 0 Å². The lowest BCUT2D eigenvalue weighted by Crippen LogP contribution is -2.20.